The van der Waals surface area contributed by atoms with Gasteiger partial charge in [-0.05, 0) is 13.3 Å². The van der Waals surface area contributed by atoms with Gasteiger partial charge in [0.2, 0.25) is 0 Å². The van der Waals surface area contributed by atoms with Crippen molar-refractivity contribution in [3.8, 4) is 0 Å². The Hall–Kier alpha value is -0.410. The minimum atomic E-state index is -0.560. The predicted molar refractivity (Wildman–Crippen MR) is 58.2 cm³/mol. The SMILES string of the molecule is CC(O)CO.CCCCCCCC=O. The number of unbranched alkanes of at least 4 members (excludes halogenated alkanes) is 5. The Balaban J connectivity index is 0. The lowest BCUT2D eigenvalue weighted by atomic mass is 10.1. The molecular formula is C11H24O3. The summed E-state index contributed by atoms with van der Waals surface area (Å²) in [6.45, 7) is 3.58. The summed E-state index contributed by atoms with van der Waals surface area (Å²) >= 11 is 0. The summed E-state index contributed by atoms with van der Waals surface area (Å²) in [5.74, 6) is 0. The Labute approximate surface area is 87.1 Å². The summed E-state index contributed by atoms with van der Waals surface area (Å²) < 4.78 is 0. The van der Waals surface area contributed by atoms with E-state index >= 15 is 0 Å². The van der Waals surface area contributed by atoms with Crippen LogP contribution in [-0.4, -0.2) is 29.2 Å². The fourth-order valence-corrected chi connectivity index (χ4v) is 0.831. The van der Waals surface area contributed by atoms with E-state index in [9.17, 15) is 4.79 Å². The number of hydrogen-bond donors (Lipinski definition) is 2. The summed E-state index contributed by atoms with van der Waals surface area (Å²) in [4.78, 5) is 9.84. The van der Waals surface area contributed by atoms with Crippen LogP contribution >= 0.6 is 0 Å². The zero-order chi connectivity index (χ0) is 11.2. The van der Waals surface area contributed by atoms with Gasteiger partial charge in [-0.2, -0.15) is 0 Å². The molecule has 14 heavy (non-hydrogen) atoms. The highest BCUT2D eigenvalue weighted by Crippen LogP contribution is 2.02. The zero-order valence-corrected chi connectivity index (χ0v) is 9.41. The second-order valence-corrected chi connectivity index (χ2v) is 3.40. The number of aliphatic hydroxyl groups is 2. The maximum absolute atomic E-state index is 9.84. The Kier molecular flexibility index (Phi) is 17.3. The van der Waals surface area contributed by atoms with Crippen molar-refractivity contribution in [3.05, 3.63) is 0 Å². The highest BCUT2D eigenvalue weighted by atomic mass is 16.3. The van der Waals surface area contributed by atoms with E-state index in [1.165, 1.54) is 32.6 Å². The van der Waals surface area contributed by atoms with Crippen molar-refractivity contribution in [2.24, 2.45) is 0 Å². The molecule has 86 valence electrons. The van der Waals surface area contributed by atoms with Gasteiger partial charge in [0, 0.05) is 6.42 Å². The van der Waals surface area contributed by atoms with Gasteiger partial charge in [0.15, 0.2) is 0 Å². The molecule has 0 aliphatic heterocycles. The lowest BCUT2D eigenvalue weighted by Crippen LogP contribution is -2.03. The smallest absolute Gasteiger partial charge is 0.119 e. The highest BCUT2D eigenvalue weighted by Gasteiger charge is 1.86. The maximum atomic E-state index is 9.84. The second-order valence-electron chi connectivity index (χ2n) is 3.40. The third kappa shape index (κ3) is 22.6. The number of carbonyl (C=O) groups is 1. The minimum Gasteiger partial charge on any atom is -0.394 e. The molecule has 0 amide bonds. The third-order valence-electron chi connectivity index (χ3n) is 1.69. The molecule has 0 bridgehead atoms. The fourth-order valence-electron chi connectivity index (χ4n) is 0.831. The lowest BCUT2D eigenvalue weighted by Gasteiger charge is -1.93. The van der Waals surface area contributed by atoms with E-state index in [1.807, 2.05) is 0 Å². The molecule has 0 aromatic heterocycles. The van der Waals surface area contributed by atoms with Gasteiger partial charge in [-0.1, -0.05) is 32.6 Å². The predicted octanol–water partition coefficient (Wildman–Crippen LogP) is 1.91. The Bertz CT molecular complexity index is 103. The molecule has 0 aromatic carbocycles. The Morgan fingerprint density at radius 2 is 1.71 bits per heavy atom. The molecule has 0 heterocycles. The number of aldehydes is 1. The molecule has 1 atom stereocenters. The maximum Gasteiger partial charge on any atom is 0.119 e. The molecule has 0 saturated heterocycles. The molecule has 0 aliphatic carbocycles. The van der Waals surface area contributed by atoms with E-state index in [4.69, 9.17) is 10.2 Å². The molecule has 3 nitrogen and oxygen atoms in total. The van der Waals surface area contributed by atoms with Crippen LogP contribution in [0.3, 0.4) is 0 Å². The third-order valence-corrected chi connectivity index (χ3v) is 1.69. The summed E-state index contributed by atoms with van der Waals surface area (Å²) in [7, 11) is 0. The standard InChI is InChI=1S/C8H16O.C3H8O2/c1-2-3-4-5-6-7-8-9;1-3(5)2-4/h8H,2-7H2,1H3;3-5H,2H2,1H3. The van der Waals surface area contributed by atoms with Gasteiger partial charge in [-0.3, -0.25) is 0 Å². The summed E-state index contributed by atoms with van der Waals surface area (Å²) in [5, 5.41) is 16.0. The largest absolute Gasteiger partial charge is 0.394 e. The van der Waals surface area contributed by atoms with Gasteiger partial charge in [0.1, 0.15) is 6.29 Å². The van der Waals surface area contributed by atoms with Crippen molar-refractivity contribution in [2.45, 2.75) is 58.5 Å². The number of hydrogen-bond acceptors (Lipinski definition) is 3. The number of rotatable bonds is 7. The normalized spacial score (nSPS) is 11.4. The van der Waals surface area contributed by atoms with Crippen molar-refractivity contribution in [1.29, 1.82) is 0 Å². The van der Waals surface area contributed by atoms with Crippen LogP contribution < -0.4 is 0 Å². The van der Waals surface area contributed by atoms with Gasteiger partial charge < -0.3 is 15.0 Å². The van der Waals surface area contributed by atoms with Crippen molar-refractivity contribution in [1.82, 2.24) is 0 Å². The lowest BCUT2D eigenvalue weighted by molar-refractivity contribution is -0.107. The van der Waals surface area contributed by atoms with Crippen LogP contribution in [0, 0.1) is 0 Å². The van der Waals surface area contributed by atoms with Crippen molar-refractivity contribution < 1.29 is 15.0 Å². The van der Waals surface area contributed by atoms with Gasteiger partial charge in [-0.25, -0.2) is 0 Å². The first-order chi connectivity index (χ1) is 6.68. The van der Waals surface area contributed by atoms with Gasteiger partial charge in [0.05, 0.1) is 12.7 Å². The molecule has 1 unspecified atom stereocenters. The first-order valence-corrected chi connectivity index (χ1v) is 5.41. The first-order valence-electron chi connectivity index (χ1n) is 5.41. The van der Waals surface area contributed by atoms with E-state index < -0.39 is 6.10 Å². The monoisotopic (exact) mass is 204 g/mol. The molecular weight excluding hydrogens is 180 g/mol. The van der Waals surface area contributed by atoms with E-state index in [0.29, 0.717) is 0 Å². The quantitative estimate of drug-likeness (QED) is 0.492. The number of aliphatic hydroxyl groups excluding tert-OH is 2. The van der Waals surface area contributed by atoms with Crippen LogP contribution in [0.5, 0.6) is 0 Å². The second kappa shape index (κ2) is 15.1. The number of carbonyl (C=O) groups excluding carboxylic acids is 1. The molecule has 2 N–H and O–H groups in total. The molecule has 0 aliphatic rings. The minimum absolute atomic E-state index is 0.139. The van der Waals surface area contributed by atoms with Crippen LogP contribution in [0.1, 0.15) is 52.4 Å². The van der Waals surface area contributed by atoms with E-state index in [2.05, 4.69) is 6.92 Å². The zero-order valence-electron chi connectivity index (χ0n) is 9.41. The Morgan fingerprint density at radius 3 is 2.07 bits per heavy atom. The molecule has 0 rings (SSSR count). The summed E-state index contributed by atoms with van der Waals surface area (Å²) in [6, 6.07) is 0. The fraction of sp³-hybridized carbons (Fsp3) is 0.909. The van der Waals surface area contributed by atoms with Gasteiger partial charge in [0.25, 0.3) is 0 Å². The average molecular weight is 204 g/mol. The van der Waals surface area contributed by atoms with Crippen LogP contribution in [-0.2, 0) is 4.79 Å². The average Bonchev–Trinajstić information content (AvgIpc) is 2.19. The first kappa shape index (κ1) is 16.0. The van der Waals surface area contributed by atoms with Crippen molar-refractivity contribution >= 4 is 6.29 Å². The van der Waals surface area contributed by atoms with Gasteiger partial charge >= 0.3 is 0 Å². The van der Waals surface area contributed by atoms with Crippen LogP contribution in [0.2, 0.25) is 0 Å². The van der Waals surface area contributed by atoms with Crippen LogP contribution in [0.25, 0.3) is 0 Å². The van der Waals surface area contributed by atoms with Gasteiger partial charge in [-0.15, -0.1) is 0 Å². The summed E-state index contributed by atoms with van der Waals surface area (Å²) in [6.07, 6.45) is 7.41. The summed E-state index contributed by atoms with van der Waals surface area (Å²) in [5.41, 5.74) is 0. The highest BCUT2D eigenvalue weighted by molar-refractivity contribution is 5.48. The molecule has 0 fully saturated rings. The molecule has 0 radical (unpaired) electrons. The van der Waals surface area contributed by atoms with Crippen molar-refractivity contribution in [3.63, 3.8) is 0 Å². The Morgan fingerprint density at radius 1 is 1.21 bits per heavy atom. The van der Waals surface area contributed by atoms with Crippen LogP contribution in [0.15, 0.2) is 0 Å². The van der Waals surface area contributed by atoms with Crippen molar-refractivity contribution in [2.75, 3.05) is 6.61 Å². The van der Waals surface area contributed by atoms with E-state index in [1.54, 1.807) is 0 Å². The van der Waals surface area contributed by atoms with E-state index in [0.717, 1.165) is 19.1 Å². The molecule has 0 aromatic rings. The molecule has 3 heteroatoms. The molecule has 0 spiro atoms. The van der Waals surface area contributed by atoms with E-state index in [-0.39, 0.29) is 6.61 Å². The van der Waals surface area contributed by atoms with Crippen LogP contribution in [0.4, 0.5) is 0 Å². The topological polar surface area (TPSA) is 57.5 Å². The molecule has 0 saturated carbocycles.